The predicted molar refractivity (Wildman–Crippen MR) is 128 cm³/mol. The van der Waals surface area contributed by atoms with Gasteiger partial charge < -0.3 is 15.0 Å². The lowest BCUT2D eigenvalue weighted by Crippen LogP contribution is -2.60. The van der Waals surface area contributed by atoms with E-state index in [4.69, 9.17) is 4.74 Å². The van der Waals surface area contributed by atoms with Gasteiger partial charge in [-0.3, -0.25) is 19.3 Å². The van der Waals surface area contributed by atoms with Crippen molar-refractivity contribution in [3.8, 4) is 0 Å². The van der Waals surface area contributed by atoms with Gasteiger partial charge in [-0.15, -0.1) is 0 Å². The average Bonchev–Trinajstić information content (AvgIpc) is 3.11. The number of piperidine rings is 1. The lowest BCUT2D eigenvalue weighted by atomic mass is 9.90. The van der Waals surface area contributed by atoms with Gasteiger partial charge >= 0.3 is 0 Å². The smallest absolute Gasteiger partial charge is 0.256 e. The molecule has 1 aromatic carbocycles. The standard InChI is InChI=1S/C26H39N3O4/c1-7-19(3)27-23(31)21-17-33-26(29(21)24(32)20-10-8-9-18(2)15-20)11-13-28(14-12-26)22(30)16-25(4,5)6/h8-10,15,19,21H,7,11-14,16-17H2,1-6H3,(H,27,31)/t19-,21-/m0/s1. The number of likely N-dealkylation sites (tertiary alicyclic amines) is 1. The lowest BCUT2D eigenvalue weighted by Gasteiger charge is -2.45. The monoisotopic (exact) mass is 457 g/mol. The number of benzene rings is 1. The quantitative estimate of drug-likeness (QED) is 0.734. The minimum absolute atomic E-state index is 0.0156. The Morgan fingerprint density at radius 3 is 2.45 bits per heavy atom. The maximum absolute atomic E-state index is 13.7. The van der Waals surface area contributed by atoms with Crippen molar-refractivity contribution in [2.45, 2.75) is 85.0 Å². The van der Waals surface area contributed by atoms with E-state index in [9.17, 15) is 14.4 Å². The molecule has 1 aromatic rings. The van der Waals surface area contributed by atoms with Gasteiger partial charge in [-0.05, 0) is 37.8 Å². The van der Waals surface area contributed by atoms with Gasteiger partial charge in [0.1, 0.15) is 11.8 Å². The van der Waals surface area contributed by atoms with Crippen molar-refractivity contribution < 1.29 is 19.1 Å². The summed E-state index contributed by atoms with van der Waals surface area (Å²) in [4.78, 5) is 43.1. The Morgan fingerprint density at radius 2 is 1.88 bits per heavy atom. The number of nitrogens with zero attached hydrogens (tertiary/aromatic N) is 2. The lowest BCUT2D eigenvalue weighted by molar-refractivity contribution is -0.145. The van der Waals surface area contributed by atoms with Gasteiger partial charge in [0.2, 0.25) is 11.8 Å². The minimum atomic E-state index is -0.878. The summed E-state index contributed by atoms with van der Waals surface area (Å²) in [7, 11) is 0. The van der Waals surface area contributed by atoms with Crippen LogP contribution in [0.15, 0.2) is 24.3 Å². The van der Waals surface area contributed by atoms with Crippen molar-refractivity contribution in [1.29, 1.82) is 0 Å². The maximum Gasteiger partial charge on any atom is 0.256 e. The van der Waals surface area contributed by atoms with Gasteiger partial charge in [0.15, 0.2) is 0 Å². The van der Waals surface area contributed by atoms with E-state index in [0.29, 0.717) is 37.9 Å². The molecule has 7 nitrogen and oxygen atoms in total. The summed E-state index contributed by atoms with van der Waals surface area (Å²) in [5.41, 5.74) is 0.574. The molecule has 2 fully saturated rings. The van der Waals surface area contributed by atoms with Crippen LogP contribution in [0.2, 0.25) is 0 Å². The first-order valence-electron chi connectivity index (χ1n) is 12.1. The highest BCUT2D eigenvalue weighted by Crippen LogP contribution is 2.39. The number of aryl methyl sites for hydroxylation is 1. The molecular weight excluding hydrogens is 418 g/mol. The highest BCUT2D eigenvalue weighted by Gasteiger charge is 2.54. The molecule has 2 heterocycles. The number of ether oxygens (including phenoxy) is 1. The molecule has 0 aliphatic carbocycles. The summed E-state index contributed by atoms with van der Waals surface area (Å²) in [6, 6.07) is 6.76. The van der Waals surface area contributed by atoms with Gasteiger partial charge in [-0.2, -0.15) is 0 Å². The number of hydrogen-bond acceptors (Lipinski definition) is 4. The molecule has 33 heavy (non-hydrogen) atoms. The molecule has 2 saturated heterocycles. The van der Waals surface area contributed by atoms with E-state index in [0.717, 1.165) is 12.0 Å². The first kappa shape index (κ1) is 25.2. The summed E-state index contributed by atoms with van der Waals surface area (Å²) in [5, 5.41) is 3.02. The summed E-state index contributed by atoms with van der Waals surface area (Å²) in [6.07, 6.45) is 2.27. The van der Waals surface area contributed by atoms with Gasteiger partial charge in [-0.1, -0.05) is 45.4 Å². The predicted octanol–water partition coefficient (Wildman–Crippen LogP) is 3.51. The Bertz CT molecular complexity index is 884. The molecule has 3 amide bonds. The molecule has 7 heteroatoms. The number of amides is 3. The van der Waals surface area contributed by atoms with Crippen LogP contribution >= 0.6 is 0 Å². The first-order valence-corrected chi connectivity index (χ1v) is 12.1. The molecule has 182 valence electrons. The second kappa shape index (κ2) is 9.84. The SMILES string of the molecule is CC[C@H](C)NC(=O)[C@@H]1COC2(CCN(C(=O)CC(C)(C)C)CC2)N1C(=O)c1cccc(C)c1. The van der Waals surface area contributed by atoms with Crippen LogP contribution in [0, 0.1) is 12.3 Å². The zero-order valence-electron chi connectivity index (χ0n) is 20.9. The van der Waals surface area contributed by atoms with Crippen LogP contribution in [0.4, 0.5) is 0 Å². The summed E-state index contributed by atoms with van der Waals surface area (Å²) >= 11 is 0. The van der Waals surface area contributed by atoms with E-state index in [2.05, 4.69) is 26.1 Å². The second-order valence-corrected chi connectivity index (χ2v) is 10.8. The van der Waals surface area contributed by atoms with Crippen LogP contribution in [0.5, 0.6) is 0 Å². The van der Waals surface area contributed by atoms with Gasteiger partial charge in [0.25, 0.3) is 5.91 Å². The van der Waals surface area contributed by atoms with E-state index < -0.39 is 11.8 Å². The van der Waals surface area contributed by atoms with Crippen molar-refractivity contribution >= 4 is 17.7 Å². The third-order valence-electron chi connectivity index (χ3n) is 6.63. The van der Waals surface area contributed by atoms with Crippen molar-refractivity contribution in [3.63, 3.8) is 0 Å². The van der Waals surface area contributed by atoms with Crippen LogP contribution in [-0.4, -0.2) is 65.0 Å². The molecule has 2 atom stereocenters. The zero-order chi connectivity index (χ0) is 24.4. The van der Waals surface area contributed by atoms with E-state index in [1.807, 2.05) is 43.9 Å². The minimum Gasteiger partial charge on any atom is -0.353 e. The van der Waals surface area contributed by atoms with Crippen LogP contribution in [-0.2, 0) is 14.3 Å². The van der Waals surface area contributed by atoms with Crippen molar-refractivity contribution in [2.24, 2.45) is 5.41 Å². The zero-order valence-corrected chi connectivity index (χ0v) is 20.9. The number of hydrogen-bond donors (Lipinski definition) is 1. The normalized spacial score (nSPS) is 21.2. The van der Waals surface area contributed by atoms with Crippen LogP contribution in [0.25, 0.3) is 0 Å². The fraction of sp³-hybridized carbons (Fsp3) is 0.654. The van der Waals surface area contributed by atoms with Crippen molar-refractivity contribution in [1.82, 2.24) is 15.1 Å². The van der Waals surface area contributed by atoms with Crippen LogP contribution < -0.4 is 5.32 Å². The molecule has 1 N–H and O–H groups in total. The maximum atomic E-state index is 13.7. The van der Waals surface area contributed by atoms with Crippen molar-refractivity contribution in [3.05, 3.63) is 35.4 Å². The summed E-state index contributed by atoms with van der Waals surface area (Å²) in [5.74, 6) is -0.263. The van der Waals surface area contributed by atoms with E-state index in [1.54, 1.807) is 11.0 Å². The van der Waals surface area contributed by atoms with Gasteiger partial charge in [-0.25, -0.2) is 0 Å². The van der Waals surface area contributed by atoms with Crippen LogP contribution in [0.1, 0.15) is 76.2 Å². The molecular formula is C26H39N3O4. The Labute approximate surface area is 197 Å². The second-order valence-electron chi connectivity index (χ2n) is 10.8. The van der Waals surface area contributed by atoms with Gasteiger partial charge in [0, 0.05) is 44.0 Å². The third kappa shape index (κ3) is 5.75. The average molecular weight is 458 g/mol. The molecule has 0 aromatic heterocycles. The molecule has 0 bridgehead atoms. The van der Waals surface area contributed by atoms with Gasteiger partial charge in [0.05, 0.1) is 6.61 Å². The molecule has 0 radical (unpaired) electrons. The van der Waals surface area contributed by atoms with Crippen molar-refractivity contribution in [2.75, 3.05) is 19.7 Å². The van der Waals surface area contributed by atoms with E-state index in [1.165, 1.54) is 0 Å². The topological polar surface area (TPSA) is 79.0 Å². The molecule has 0 unspecified atom stereocenters. The number of rotatable bonds is 5. The fourth-order valence-corrected chi connectivity index (χ4v) is 4.60. The molecule has 3 rings (SSSR count). The Kier molecular flexibility index (Phi) is 7.52. The summed E-state index contributed by atoms with van der Waals surface area (Å²) < 4.78 is 6.25. The van der Waals surface area contributed by atoms with Crippen LogP contribution in [0.3, 0.4) is 0 Å². The Hall–Kier alpha value is -2.41. The third-order valence-corrected chi connectivity index (χ3v) is 6.63. The molecule has 2 aliphatic heterocycles. The first-order chi connectivity index (χ1) is 15.5. The Balaban J connectivity index is 1.85. The summed E-state index contributed by atoms with van der Waals surface area (Å²) in [6.45, 7) is 13.2. The highest BCUT2D eigenvalue weighted by molar-refractivity contribution is 5.98. The Morgan fingerprint density at radius 1 is 1.21 bits per heavy atom. The van der Waals surface area contributed by atoms with E-state index >= 15 is 0 Å². The highest BCUT2D eigenvalue weighted by atomic mass is 16.5. The molecule has 2 aliphatic rings. The molecule has 1 spiro atoms. The van der Waals surface area contributed by atoms with E-state index in [-0.39, 0.29) is 35.8 Å². The number of nitrogens with one attached hydrogen (secondary N) is 1. The molecule has 0 saturated carbocycles. The fourth-order valence-electron chi connectivity index (χ4n) is 4.60. The number of carbonyl (C=O) groups is 3. The largest absolute Gasteiger partial charge is 0.353 e. The number of carbonyl (C=O) groups excluding carboxylic acids is 3.